The lowest BCUT2D eigenvalue weighted by Crippen LogP contribution is -2.36. The highest BCUT2D eigenvalue weighted by molar-refractivity contribution is 5.96. The van der Waals surface area contributed by atoms with E-state index in [1.807, 2.05) is 24.3 Å². The predicted octanol–water partition coefficient (Wildman–Crippen LogP) is 1.83. The second-order valence-corrected chi connectivity index (χ2v) is 7.07. The molecule has 9 nitrogen and oxygen atoms in total. The molecule has 2 aromatic carbocycles. The average Bonchev–Trinajstić information content (AvgIpc) is 3.28. The van der Waals surface area contributed by atoms with Crippen LogP contribution in [0, 0.1) is 0 Å². The van der Waals surface area contributed by atoms with Crippen LogP contribution in [-0.2, 0) is 11.3 Å². The fourth-order valence-electron chi connectivity index (χ4n) is 3.51. The topological polar surface area (TPSA) is 91.6 Å². The normalized spacial score (nSPS) is 15.8. The van der Waals surface area contributed by atoms with Crippen molar-refractivity contribution in [2.75, 3.05) is 44.4 Å². The zero-order valence-corrected chi connectivity index (χ0v) is 16.4. The number of rotatable bonds is 5. The van der Waals surface area contributed by atoms with E-state index in [9.17, 15) is 4.79 Å². The monoisotopic (exact) mass is 407 g/mol. The van der Waals surface area contributed by atoms with Crippen LogP contribution in [0.15, 0.2) is 42.5 Å². The molecule has 2 aliphatic rings. The number of tetrazole rings is 1. The summed E-state index contributed by atoms with van der Waals surface area (Å²) in [6.45, 7) is 4.25. The van der Waals surface area contributed by atoms with Gasteiger partial charge in [-0.3, -0.25) is 4.79 Å². The van der Waals surface area contributed by atoms with Gasteiger partial charge in [-0.25, -0.2) is 0 Å². The van der Waals surface area contributed by atoms with Gasteiger partial charge in [-0.05, 0) is 47.7 Å². The molecular weight excluding hydrogens is 386 g/mol. The molecule has 0 atom stereocenters. The summed E-state index contributed by atoms with van der Waals surface area (Å²) in [4.78, 5) is 16.2. The van der Waals surface area contributed by atoms with E-state index in [1.165, 1.54) is 4.80 Å². The number of carbonyl (C=O) groups is 1. The van der Waals surface area contributed by atoms with Crippen LogP contribution in [0.4, 0.5) is 5.69 Å². The van der Waals surface area contributed by atoms with E-state index in [2.05, 4.69) is 20.3 Å². The Labute approximate surface area is 173 Å². The summed E-state index contributed by atoms with van der Waals surface area (Å²) in [7, 11) is 0. The van der Waals surface area contributed by atoms with Gasteiger partial charge in [-0.1, -0.05) is 0 Å². The molecule has 30 heavy (non-hydrogen) atoms. The molecule has 3 heterocycles. The maximum absolute atomic E-state index is 12.6. The molecule has 0 saturated carbocycles. The fraction of sp³-hybridized carbons (Fsp3) is 0.333. The van der Waals surface area contributed by atoms with Crippen molar-refractivity contribution in [3.63, 3.8) is 0 Å². The zero-order valence-electron chi connectivity index (χ0n) is 16.4. The van der Waals surface area contributed by atoms with Crippen LogP contribution < -0.4 is 14.4 Å². The van der Waals surface area contributed by atoms with Gasteiger partial charge in [-0.15, -0.1) is 10.2 Å². The Morgan fingerprint density at radius 1 is 0.933 bits per heavy atom. The molecule has 1 aromatic heterocycles. The molecule has 9 heteroatoms. The highest BCUT2D eigenvalue weighted by Crippen LogP contribution is 2.31. The zero-order chi connectivity index (χ0) is 20.3. The number of ketones is 1. The highest BCUT2D eigenvalue weighted by atomic mass is 16.6. The molecule has 154 valence electrons. The second-order valence-electron chi connectivity index (χ2n) is 7.07. The number of carbonyl (C=O) groups excluding carboxylic acids is 1. The number of hydrogen-bond acceptors (Lipinski definition) is 8. The molecule has 0 amide bonds. The van der Waals surface area contributed by atoms with E-state index in [4.69, 9.17) is 14.2 Å². The largest absolute Gasteiger partial charge is 0.486 e. The summed E-state index contributed by atoms with van der Waals surface area (Å²) in [5.41, 5.74) is 2.52. The lowest BCUT2D eigenvalue weighted by Gasteiger charge is -2.28. The Balaban J connectivity index is 1.27. The first-order chi connectivity index (χ1) is 14.8. The van der Waals surface area contributed by atoms with Crippen molar-refractivity contribution in [1.82, 2.24) is 20.2 Å². The molecule has 0 N–H and O–H groups in total. The van der Waals surface area contributed by atoms with E-state index in [-0.39, 0.29) is 12.3 Å². The van der Waals surface area contributed by atoms with E-state index in [0.29, 0.717) is 36.1 Å². The second kappa shape index (κ2) is 8.11. The quantitative estimate of drug-likeness (QED) is 0.592. The number of fused-ring (bicyclic) bond motifs is 1. The standard InChI is InChI=1S/C21H21N5O4/c27-18(16-3-6-19-20(13-16)30-12-11-29-19)14-26-23-21(22-24-26)15-1-4-17(5-2-15)25-7-9-28-10-8-25/h1-6,13H,7-12,14H2. The van der Waals surface area contributed by atoms with Gasteiger partial charge < -0.3 is 19.1 Å². The van der Waals surface area contributed by atoms with Gasteiger partial charge in [0.05, 0.1) is 13.2 Å². The third-order valence-electron chi connectivity index (χ3n) is 5.10. The van der Waals surface area contributed by atoms with Gasteiger partial charge in [0.1, 0.15) is 19.8 Å². The molecule has 1 fully saturated rings. The highest BCUT2D eigenvalue weighted by Gasteiger charge is 2.17. The maximum atomic E-state index is 12.6. The maximum Gasteiger partial charge on any atom is 0.204 e. The summed E-state index contributed by atoms with van der Waals surface area (Å²) in [6, 6.07) is 13.2. The molecule has 0 aliphatic carbocycles. The van der Waals surface area contributed by atoms with Crippen LogP contribution in [0.25, 0.3) is 11.4 Å². The van der Waals surface area contributed by atoms with Crippen molar-refractivity contribution in [2.24, 2.45) is 0 Å². The molecule has 1 saturated heterocycles. The molecule has 5 rings (SSSR count). The van der Waals surface area contributed by atoms with E-state index < -0.39 is 0 Å². The van der Waals surface area contributed by atoms with Crippen molar-refractivity contribution in [3.05, 3.63) is 48.0 Å². The summed E-state index contributed by atoms with van der Waals surface area (Å²) in [5, 5.41) is 12.5. The number of hydrogen-bond donors (Lipinski definition) is 0. The van der Waals surface area contributed by atoms with Crippen LogP contribution in [0.3, 0.4) is 0 Å². The van der Waals surface area contributed by atoms with Crippen molar-refractivity contribution in [2.45, 2.75) is 6.54 Å². The van der Waals surface area contributed by atoms with Crippen LogP contribution in [-0.4, -0.2) is 65.5 Å². The fourth-order valence-corrected chi connectivity index (χ4v) is 3.51. The minimum Gasteiger partial charge on any atom is -0.486 e. The predicted molar refractivity (Wildman–Crippen MR) is 108 cm³/mol. The number of nitrogens with zero attached hydrogens (tertiary/aromatic N) is 5. The number of aromatic nitrogens is 4. The van der Waals surface area contributed by atoms with Crippen molar-refractivity contribution in [1.29, 1.82) is 0 Å². The van der Waals surface area contributed by atoms with Crippen molar-refractivity contribution < 1.29 is 19.0 Å². The van der Waals surface area contributed by atoms with Gasteiger partial charge in [0.2, 0.25) is 5.82 Å². The molecule has 0 spiro atoms. The summed E-state index contributed by atoms with van der Waals surface area (Å²) in [5.74, 6) is 1.59. The van der Waals surface area contributed by atoms with Gasteiger partial charge in [-0.2, -0.15) is 4.80 Å². The van der Waals surface area contributed by atoms with E-state index in [0.717, 1.165) is 37.6 Å². The number of Topliss-reactive ketones (excluding diaryl/α,β-unsaturated/α-hetero) is 1. The van der Waals surface area contributed by atoms with Crippen LogP contribution >= 0.6 is 0 Å². The lowest BCUT2D eigenvalue weighted by molar-refractivity contribution is 0.0960. The molecule has 0 bridgehead atoms. The number of anilines is 1. The third-order valence-corrected chi connectivity index (χ3v) is 5.10. The Hall–Kier alpha value is -3.46. The number of ether oxygens (including phenoxy) is 3. The summed E-state index contributed by atoms with van der Waals surface area (Å²) in [6.07, 6.45) is 0. The van der Waals surface area contributed by atoms with Gasteiger partial charge in [0.15, 0.2) is 17.3 Å². The first-order valence-corrected chi connectivity index (χ1v) is 9.90. The van der Waals surface area contributed by atoms with Crippen LogP contribution in [0.1, 0.15) is 10.4 Å². The minimum absolute atomic E-state index is 0.00148. The molecule has 2 aliphatic heterocycles. The van der Waals surface area contributed by atoms with Crippen molar-refractivity contribution in [3.8, 4) is 22.9 Å². The average molecular weight is 407 g/mol. The molecule has 3 aromatic rings. The Kier molecular flexibility index (Phi) is 5.02. The Morgan fingerprint density at radius 3 is 2.50 bits per heavy atom. The van der Waals surface area contributed by atoms with Crippen molar-refractivity contribution >= 4 is 11.5 Å². The lowest BCUT2D eigenvalue weighted by atomic mass is 10.1. The summed E-state index contributed by atoms with van der Waals surface area (Å²) >= 11 is 0. The van der Waals surface area contributed by atoms with E-state index in [1.54, 1.807) is 18.2 Å². The number of morpholine rings is 1. The molecule has 0 radical (unpaired) electrons. The summed E-state index contributed by atoms with van der Waals surface area (Å²) < 4.78 is 16.4. The van der Waals surface area contributed by atoms with E-state index >= 15 is 0 Å². The SMILES string of the molecule is O=C(Cn1nnc(-c2ccc(N3CCOCC3)cc2)n1)c1ccc2c(c1)OCCO2. The molecule has 0 unspecified atom stereocenters. The Bertz CT molecular complexity index is 1040. The van der Waals surface area contributed by atoms with Gasteiger partial charge in [0, 0.05) is 29.9 Å². The van der Waals surface area contributed by atoms with Crippen LogP contribution in [0.5, 0.6) is 11.5 Å². The first kappa shape index (κ1) is 18.6. The minimum atomic E-state index is -0.126. The number of benzene rings is 2. The third kappa shape index (κ3) is 3.84. The molecular formula is C21H21N5O4. The first-order valence-electron chi connectivity index (χ1n) is 9.90. The smallest absolute Gasteiger partial charge is 0.204 e. The Morgan fingerprint density at radius 2 is 1.70 bits per heavy atom. The van der Waals surface area contributed by atoms with Crippen LogP contribution in [0.2, 0.25) is 0 Å². The van der Waals surface area contributed by atoms with Gasteiger partial charge >= 0.3 is 0 Å². The van der Waals surface area contributed by atoms with Gasteiger partial charge in [0.25, 0.3) is 0 Å².